The van der Waals surface area contributed by atoms with Crippen molar-refractivity contribution in [2.75, 3.05) is 7.05 Å². The molecule has 116 valence electrons. The van der Waals surface area contributed by atoms with Crippen LogP contribution in [0.4, 0.5) is 0 Å². The average molecular weight is 289 g/mol. The van der Waals surface area contributed by atoms with Gasteiger partial charge in [0.2, 0.25) is 0 Å². The lowest BCUT2D eigenvalue weighted by molar-refractivity contribution is -0.141. The number of hydrogen-bond acceptors (Lipinski definition) is 2. The van der Waals surface area contributed by atoms with E-state index in [9.17, 15) is 9.90 Å². The van der Waals surface area contributed by atoms with Gasteiger partial charge in [0, 0.05) is 12.1 Å². The Hall–Kier alpha value is -1.35. The highest BCUT2D eigenvalue weighted by Gasteiger charge is 2.37. The van der Waals surface area contributed by atoms with Gasteiger partial charge in [0.1, 0.15) is 0 Å². The Balaban J connectivity index is 2.17. The zero-order valence-electron chi connectivity index (χ0n) is 13.5. The lowest BCUT2D eigenvalue weighted by Gasteiger charge is -2.44. The van der Waals surface area contributed by atoms with Crippen LogP contribution in [0.15, 0.2) is 18.2 Å². The first-order chi connectivity index (χ1) is 9.91. The van der Waals surface area contributed by atoms with Gasteiger partial charge in [-0.3, -0.25) is 9.69 Å². The van der Waals surface area contributed by atoms with Crippen molar-refractivity contribution in [3.63, 3.8) is 0 Å². The number of nitrogens with zero attached hydrogens (tertiary/aromatic N) is 1. The summed E-state index contributed by atoms with van der Waals surface area (Å²) >= 11 is 0. The minimum Gasteiger partial charge on any atom is -0.481 e. The van der Waals surface area contributed by atoms with E-state index in [0.717, 1.165) is 32.2 Å². The molecule has 0 aliphatic heterocycles. The van der Waals surface area contributed by atoms with Gasteiger partial charge in [-0.15, -0.1) is 0 Å². The van der Waals surface area contributed by atoms with E-state index in [1.165, 1.54) is 23.1 Å². The van der Waals surface area contributed by atoms with E-state index in [-0.39, 0.29) is 12.0 Å². The molecule has 3 nitrogen and oxygen atoms in total. The van der Waals surface area contributed by atoms with Crippen LogP contribution in [0.1, 0.15) is 55.2 Å². The van der Waals surface area contributed by atoms with Crippen molar-refractivity contribution < 1.29 is 9.90 Å². The molecule has 1 aromatic carbocycles. The highest BCUT2D eigenvalue weighted by atomic mass is 16.4. The molecule has 1 saturated carbocycles. The minimum absolute atomic E-state index is 0.165. The van der Waals surface area contributed by atoms with E-state index in [0.29, 0.717) is 0 Å². The van der Waals surface area contributed by atoms with Crippen molar-refractivity contribution in [2.45, 2.75) is 64.5 Å². The molecule has 2 rings (SSSR count). The molecule has 3 heteroatoms. The molecule has 0 heterocycles. The molecule has 0 aromatic heterocycles. The summed E-state index contributed by atoms with van der Waals surface area (Å²) in [6, 6.07) is 6.60. The summed E-state index contributed by atoms with van der Waals surface area (Å²) in [7, 11) is 2.09. The van der Waals surface area contributed by atoms with E-state index >= 15 is 0 Å². The van der Waals surface area contributed by atoms with Crippen molar-refractivity contribution in [2.24, 2.45) is 0 Å². The lowest BCUT2D eigenvalue weighted by Crippen LogP contribution is -2.49. The molecule has 1 aliphatic carbocycles. The van der Waals surface area contributed by atoms with Crippen molar-refractivity contribution in [1.29, 1.82) is 0 Å². The van der Waals surface area contributed by atoms with Gasteiger partial charge in [-0.1, -0.05) is 48.6 Å². The van der Waals surface area contributed by atoms with Gasteiger partial charge >= 0.3 is 5.97 Å². The standard InChI is InChI=1S/C18H27NO2/c1-14-9-15(2)11-16(10-14)13-19(3)18(12-17(20)21)7-5-4-6-8-18/h9-11H,4-8,12-13H2,1-3H3,(H,20,21). The first kappa shape index (κ1) is 16.0. The van der Waals surface area contributed by atoms with Gasteiger partial charge < -0.3 is 5.11 Å². The Morgan fingerprint density at radius 2 is 1.71 bits per heavy atom. The lowest BCUT2D eigenvalue weighted by atomic mass is 9.78. The summed E-state index contributed by atoms with van der Waals surface area (Å²) in [6.07, 6.45) is 5.78. The van der Waals surface area contributed by atoms with Crippen molar-refractivity contribution in [1.82, 2.24) is 4.90 Å². The molecule has 0 radical (unpaired) electrons. The van der Waals surface area contributed by atoms with Crippen LogP contribution in [-0.2, 0) is 11.3 Å². The van der Waals surface area contributed by atoms with Gasteiger partial charge in [-0.25, -0.2) is 0 Å². The van der Waals surface area contributed by atoms with Crippen LogP contribution < -0.4 is 0 Å². The molecule has 21 heavy (non-hydrogen) atoms. The van der Waals surface area contributed by atoms with Gasteiger partial charge in [0.15, 0.2) is 0 Å². The largest absolute Gasteiger partial charge is 0.481 e. The molecule has 1 N–H and O–H groups in total. The molecule has 1 fully saturated rings. The molecule has 0 unspecified atom stereocenters. The van der Waals surface area contributed by atoms with E-state index in [4.69, 9.17) is 0 Å². The number of rotatable bonds is 5. The second-order valence-electron chi connectivity index (χ2n) is 6.71. The zero-order valence-corrected chi connectivity index (χ0v) is 13.5. The summed E-state index contributed by atoms with van der Waals surface area (Å²) in [6.45, 7) is 5.06. The number of carboxylic acid groups (broad SMARTS) is 1. The third-order valence-electron chi connectivity index (χ3n) is 4.78. The van der Waals surface area contributed by atoms with Crippen LogP contribution in [-0.4, -0.2) is 28.6 Å². The van der Waals surface area contributed by atoms with E-state index in [2.05, 4.69) is 44.0 Å². The second kappa shape index (κ2) is 6.61. The van der Waals surface area contributed by atoms with Crippen molar-refractivity contribution in [3.05, 3.63) is 34.9 Å². The molecule has 0 bridgehead atoms. The monoisotopic (exact) mass is 289 g/mol. The Kier molecular flexibility index (Phi) is 5.04. The SMILES string of the molecule is Cc1cc(C)cc(CN(C)C2(CC(=O)O)CCCCC2)c1. The van der Waals surface area contributed by atoms with Gasteiger partial charge in [-0.2, -0.15) is 0 Å². The number of aliphatic carboxylic acids is 1. The molecule has 0 saturated heterocycles. The second-order valence-corrected chi connectivity index (χ2v) is 6.71. The molecule has 1 aromatic rings. The maximum absolute atomic E-state index is 11.3. The maximum Gasteiger partial charge on any atom is 0.305 e. The Bertz CT molecular complexity index is 484. The Morgan fingerprint density at radius 3 is 2.24 bits per heavy atom. The fourth-order valence-corrected chi connectivity index (χ4v) is 3.79. The van der Waals surface area contributed by atoms with Gasteiger partial charge in [-0.05, 0) is 39.3 Å². The van der Waals surface area contributed by atoms with Crippen LogP contribution in [0.3, 0.4) is 0 Å². The zero-order chi connectivity index (χ0) is 15.5. The summed E-state index contributed by atoms with van der Waals surface area (Å²) in [5, 5.41) is 9.31. The normalized spacial score (nSPS) is 17.9. The van der Waals surface area contributed by atoms with Crippen molar-refractivity contribution >= 4 is 5.97 Å². The topological polar surface area (TPSA) is 40.5 Å². The van der Waals surface area contributed by atoms with Gasteiger partial charge in [0.25, 0.3) is 0 Å². The van der Waals surface area contributed by atoms with Crippen molar-refractivity contribution in [3.8, 4) is 0 Å². The van der Waals surface area contributed by atoms with E-state index in [1.807, 2.05) is 0 Å². The number of benzene rings is 1. The van der Waals surface area contributed by atoms with Crippen LogP contribution in [0.2, 0.25) is 0 Å². The minimum atomic E-state index is -0.677. The van der Waals surface area contributed by atoms with Crippen LogP contribution in [0, 0.1) is 13.8 Å². The summed E-state index contributed by atoms with van der Waals surface area (Å²) in [4.78, 5) is 13.6. The highest BCUT2D eigenvalue weighted by Crippen LogP contribution is 2.36. The molecular weight excluding hydrogens is 262 g/mol. The van der Waals surface area contributed by atoms with Gasteiger partial charge in [0.05, 0.1) is 6.42 Å². The molecule has 0 spiro atoms. The van der Waals surface area contributed by atoms with E-state index < -0.39 is 5.97 Å². The molecule has 0 atom stereocenters. The number of carbonyl (C=O) groups is 1. The molecular formula is C18H27NO2. The fraction of sp³-hybridized carbons (Fsp3) is 0.611. The summed E-state index contributed by atoms with van der Waals surface area (Å²) in [5.74, 6) is -0.677. The first-order valence-electron chi connectivity index (χ1n) is 7.91. The average Bonchev–Trinajstić information content (AvgIpc) is 2.37. The fourth-order valence-electron chi connectivity index (χ4n) is 3.79. The molecule has 0 amide bonds. The Morgan fingerprint density at radius 1 is 1.14 bits per heavy atom. The highest BCUT2D eigenvalue weighted by molar-refractivity contribution is 5.68. The van der Waals surface area contributed by atoms with E-state index in [1.54, 1.807) is 0 Å². The smallest absolute Gasteiger partial charge is 0.305 e. The third-order valence-corrected chi connectivity index (χ3v) is 4.78. The predicted octanol–water partition coefficient (Wildman–Crippen LogP) is 3.91. The van der Waals surface area contributed by atoms with Crippen LogP contribution in [0.25, 0.3) is 0 Å². The quantitative estimate of drug-likeness (QED) is 0.893. The first-order valence-corrected chi connectivity index (χ1v) is 7.91. The van der Waals surface area contributed by atoms with Crippen LogP contribution >= 0.6 is 0 Å². The molecule has 1 aliphatic rings. The number of carboxylic acids is 1. The summed E-state index contributed by atoms with van der Waals surface area (Å²) < 4.78 is 0. The third kappa shape index (κ3) is 4.07. The summed E-state index contributed by atoms with van der Waals surface area (Å²) in [5.41, 5.74) is 3.66. The maximum atomic E-state index is 11.3. The number of aryl methyl sites for hydroxylation is 2. The van der Waals surface area contributed by atoms with Crippen LogP contribution in [0.5, 0.6) is 0 Å². The predicted molar refractivity (Wildman–Crippen MR) is 85.5 cm³/mol. The Labute approximate surface area is 128 Å². The number of hydrogen-bond donors (Lipinski definition) is 1.